The summed E-state index contributed by atoms with van der Waals surface area (Å²) >= 11 is 1.38. The fourth-order valence-corrected chi connectivity index (χ4v) is 5.24. The summed E-state index contributed by atoms with van der Waals surface area (Å²) in [5, 5.41) is 3.45. The fraction of sp³-hybridized carbons (Fsp3) is 0.600. The van der Waals surface area contributed by atoms with Gasteiger partial charge in [-0.3, -0.25) is 0 Å². The smallest absolute Gasteiger partial charge is 0.253 e. The van der Waals surface area contributed by atoms with Crippen LogP contribution >= 0.6 is 11.3 Å². The minimum atomic E-state index is -3.41. The lowest BCUT2D eigenvalue weighted by Gasteiger charge is -2.23. The van der Waals surface area contributed by atoms with Crippen LogP contribution in [0.4, 0.5) is 0 Å². The lowest BCUT2D eigenvalue weighted by molar-refractivity contribution is 0.384. The van der Waals surface area contributed by atoms with Gasteiger partial charge in [-0.05, 0) is 45.2 Å². The summed E-state index contributed by atoms with van der Waals surface area (Å²) in [6, 6.07) is 4.27. The van der Waals surface area contributed by atoms with Crippen molar-refractivity contribution in [1.82, 2.24) is 9.62 Å². The van der Waals surface area contributed by atoms with E-state index in [4.69, 9.17) is 0 Å². The van der Waals surface area contributed by atoms with E-state index in [0.29, 0.717) is 16.8 Å². The second-order valence-electron chi connectivity index (χ2n) is 5.66. The first kappa shape index (κ1) is 16.7. The van der Waals surface area contributed by atoms with Gasteiger partial charge in [-0.15, -0.1) is 17.9 Å². The molecule has 1 aliphatic rings. The number of thiophene rings is 1. The van der Waals surface area contributed by atoms with E-state index in [1.54, 1.807) is 12.1 Å². The highest BCUT2D eigenvalue weighted by Crippen LogP contribution is 2.26. The number of hydrogen-bond acceptors (Lipinski definition) is 4. The van der Waals surface area contributed by atoms with Crippen molar-refractivity contribution >= 4 is 21.4 Å². The van der Waals surface area contributed by atoms with E-state index in [-0.39, 0.29) is 6.04 Å². The highest BCUT2D eigenvalue weighted by molar-refractivity contribution is 7.91. The minimum absolute atomic E-state index is 0.0740. The first-order valence-electron chi connectivity index (χ1n) is 7.40. The summed E-state index contributed by atoms with van der Waals surface area (Å²) in [6.45, 7) is 8.68. The standard InChI is InChI=1S/C15H24N2O2S2/c1-4-11-17(12(2)3)21(18,19)15-8-7-14(20-15)9-10-16-13-5-6-13/h4,7-8,12-13,16H,1,5-6,9-11H2,2-3H3. The van der Waals surface area contributed by atoms with E-state index in [1.165, 1.54) is 28.5 Å². The molecule has 1 aliphatic carbocycles. The SMILES string of the molecule is C=CCN(C(C)C)S(=O)(=O)c1ccc(CCNC2CC2)s1. The van der Waals surface area contributed by atoms with Gasteiger partial charge < -0.3 is 5.32 Å². The average Bonchev–Trinajstić information content (AvgIpc) is 3.11. The van der Waals surface area contributed by atoms with E-state index >= 15 is 0 Å². The molecule has 1 heterocycles. The summed E-state index contributed by atoms with van der Waals surface area (Å²) in [6.07, 6.45) is 5.06. The van der Waals surface area contributed by atoms with Gasteiger partial charge in [0.05, 0.1) is 0 Å². The molecule has 1 aromatic rings. The molecule has 118 valence electrons. The van der Waals surface area contributed by atoms with Crippen LogP contribution in [0.3, 0.4) is 0 Å². The lowest BCUT2D eigenvalue weighted by Crippen LogP contribution is -2.36. The van der Waals surface area contributed by atoms with Gasteiger partial charge >= 0.3 is 0 Å². The second-order valence-corrected chi connectivity index (χ2v) is 8.94. The molecule has 0 amide bonds. The van der Waals surface area contributed by atoms with Crippen LogP contribution in [0.25, 0.3) is 0 Å². The molecule has 1 aromatic heterocycles. The number of nitrogens with one attached hydrogen (secondary N) is 1. The van der Waals surface area contributed by atoms with Crippen molar-refractivity contribution < 1.29 is 8.42 Å². The van der Waals surface area contributed by atoms with Gasteiger partial charge in [-0.2, -0.15) is 4.31 Å². The van der Waals surface area contributed by atoms with Crippen molar-refractivity contribution in [3.05, 3.63) is 29.7 Å². The van der Waals surface area contributed by atoms with Crippen LogP contribution in [-0.2, 0) is 16.4 Å². The molecule has 0 unspecified atom stereocenters. The summed E-state index contributed by atoms with van der Waals surface area (Å²) in [4.78, 5) is 1.11. The summed E-state index contributed by atoms with van der Waals surface area (Å²) < 4.78 is 27.2. The first-order valence-corrected chi connectivity index (χ1v) is 9.65. The number of sulfonamides is 1. The largest absolute Gasteiger partial charge is 0.314 e. The number of nitrogens with zero attached hydrogens (tertiary/aromatic N) is 1. The van der Waals surface area contributed by atoms with Gasteiger partial charge in [0.1, 0.15) is 4.21 Å². The van der Waals surface area contributed by atoms with Crippen molar-refractivity contribution in [2.45, 2.75) is 49.4 Å². The quantitative estimate of drug-likeness (QED) is 0.709. The maximum atomic E-state index is 12.6. The maximum Gasteiger partial charge on any atom is 0.253 e. The average molecular weight is 329 g/mol. The van der Waals surface area contributed by atoms with Crippen LogP contribution < -0.4 is 5.32 Å². The van der Waals surface area contributed by atoms with Crippen LogP contribution in [0, 0.1) is 0 Å². The lowest BCUT2D eigenvalue weighted by atomic mass is 10.3. The van der Waals surface area contributed by atoms with E-state index < -0.39 is 10.0 Å². The molecular weight excluding hydrogens is 304 g/mol. The van der Waals surface area contributed by atoms with Crippen LogP contribution in [0.15, 0.2) is 29.0 Å². The van der Waals surface area contributed by atoms with Crippen LogP contribution in [0.1, 0.15) is 31.6 Å². The molecule has 1 saturated carbocycles. The Morgan fingerprint density at radius 3 is 2.76 bits per heavy atom. The number of rotatable bonds is 9. The van der Waals surface area contributed by atoms with Gasteiger partial charge in [0.25, 0.3) is 10.0 Å². The van der Waals surface area contributed by atoms with Crippen LogP contribution in [0.2, 0.25) is 0 Å². The summed E-state index contributed by atoms with van der Waals surface area (Å²) in [5.74, 6) is 0. The van der Waals surface area contributed by atoms with Gasteiger partial charge in [-0.1, -0.05) is 6.08 Å². The van der Waals surface area contributed by atoms with Gasteiger partial charge in [0, 0.05) is 30.1 Å². The number of hydrogen-bond donors (Lipinski definition) is 1. The maximum absolute atomic E-state index is 12.6. The van der Waals surface area contributed by atoms with Gasteiger partial charge in [0.15, 0.2) is 0 Å². The molecule has 21 heavy (non-hydrogen) atoms. The molecule has 4 nitrogen and oxygen atoms in total. The Morgan fingerprint density at radius 1 is 1.48 bits per heavy atom. The van der Waals surface area contributed by atoms with Crippen molar-refractivity contribution in [2.24, 2.45) is 0 Å². The summed E-state index contributed by atoms with van der Waals surface area (Å²) in [5.41, 5.74) is 0. The van der Waals surface area contributed by atoms with E-state index in [2.05, 4.69) is 11.9 Å². The highest BCUT2D eigenvalue weighted by Gasteiger charge is 2.27. The molecule has 0 saturated heterocycles. The molecule has 0 radical (unpaired) electrons. The predicted octanol–water partition coefficient (Wildman–Crippen LogP) is 2.63. The molecule has 2 rings (SSSR count). The topological polar surface area (TPSA) is 49.4 Å². The molecule has 0 bridgehead atoms. The molecular formula is C15H24N2O2S2. The van der Waals surface area contributed by atoms with Crippen LogP contribution in [0.5, 0.6) is 0 Å². The Labute approximate surface area is 131 Å². The van der Waals surface area contributed by atoms with Crippen LogP contribution in [-0.4, -0.2) is 37.9 Å². The normalized spacial score (nSPS) is 15.8. The van der Waals surface area contributed by atoms with Crippen molar-refractivity contribution in [3.8, 4) is 0 Å². The zero-order valence-corrected chi connectivity index (χ0v) is 14.3. The Bertz CT molecular complexity index is 574. The molecule has 0 aliphatic heterocycles. The van der Waals surface area contributed by atoms with E-state index in [1.807, 2.05) is 19.9 Å². The van der Waals surface area contributed by atoms with E-state index in [9.17, 15) is 8.42 Å². The molecule has 1 N–H and O–H groups in total. The second kappa shape index (κ2) is 7.05. The third kappa shape index (κ3) is 4.39. The van der Waals surface area contributed by atoms with E-state index in [0.717, 1.165) is 17.8 Å². The molecule has 1 fully saturated rings. The zero-order chi connectivity index (χ0) is 15.5. The Morgan fingerprint density at radius 2 is 2.19 bits per heavy atom. The highest BCUT2D eigenvalue weighted by atomic mass is 32.2. The Kier molecular flexibility index (Phi) is 5.60. The van der Waals surface area contributed by atoms with Gasteiger partial charge in [-0.25, -0.2) is 8.42 Å². The molecule has 6 heteroatoms. The molecule has 0 aromatic carbocycles. The summed E-state index contributed by atoms with van der Waals surface area (Å²) in [7, 11) is -3.41. The minimum Gasteiger partial charge on any atom is -0.314 e. The zero-order valence-electron chi connectivity index (χ0n) is 12.7. The van der Waals surface area contributed by atoms with Crippen molar-refractivity contribution in [3.63, 3.8) is 0 Å². The molecule has 0 atom stereocenters. The fourth-order valence-electron chi connectivity index (χ4n) is 2.15. The predicted molar refractivity (Wildman–Crippen MR) is 88.3 cm³/mol. The monoisotopic (exact) mass is 328 g/mol. The van der Waals surface area contributed by atoms with Crippen molar-refractivity contribution in [1.29, 1.82) is 0 Å². The Balaban J connectivity index is 2.04. The third-order valence-corrected chi connectivity index (χ3v) is 7.12. The molecule has 0 spiro atoms. The first-order chi connectivity index (χ1) is 9.95. The Hall–Kier alpha value is -0.690. The van der Waals surface area contributed by atoms with Crippen molar-refractivity contribution in [2.75, 3.05) is 13.1 Å². The third-order valence-electron chi connectivity index (χ3n) is 3.47. The van der Waals surface area contributed by atoms with Gasteiger partial charge in [0.2, 0.25) is 0 Å².